The lowest BCUT2D eigenvalue weighted by Gasteiger charge is -2.26. The number of hydrogen-bond acceptors (Lipinski definition) is 9. The maximum atomic E-state index is 5.87. The average Bonchev–Trinajstić information content (AvgIpc) is 3.27. The number of methoxy groups -OCH3 is 2. The number of rotatable bonds is 12. The van der Waals surface area contributed by atoms with Crippen LogP contribution in [-0.4, -0.2) is 84.6 Å². The minimum absolute atomic E-state index is 0.356. The van der Waals surface area contributed by atoms with E-state index in [-0.39, 0.29) is 0 Å². The van der Waals surface area contributed by atoms with Gasteiger partial charge in [-0.25, -0.2) is 4.98 Å². The second-order valence-electron chi connectivity index (χ2n) is 8.16. The Morgan fingerprint density at radius 3 is 2.74 bits per heavy atom. The van der Waals surface area contributed by atoms with Crippen molar-refractivity contribution in [3.05, 3.63) is 30.1 Å². The van der Waals surface area contributed by atoms with Crippen molar-refractivity contribution in [3.8, 4) is 17.5 Å². The summed E-state index contributed by atoms with van der Waals surface area (Å²) in [5.41, 5.74) is 2.39. The predicted octanol–water partition coefficient (Wildman–Crippen LogP) is 2.81. The lowest BCUT2D eigenvalue weighted by Crippen LogP contribution is -2.39. The Morgan fingerprint density at radius 2 is 1.97 bits per heavy atom. The first-order valence-corrected chi connectivity index (χ1v) is 11.8. The first-order chi connectivity index (χ1) is 16.7. The van der Waals surface area contributed by atoms with E-state index < -0.39 is 0 Å². The van der Waals surface area contributed by atoms with Gasteiger partial charge in [0, 0.05) is 31.7 Å². The summed E-state index contributed by atoms with van der Waals surface area (Å²) in [5, 5.41) is 3.45. The quantitative estimate of drug-likeness (QED) is 0.401. The number of unbranched alkanes of at least 4 members (excludes halogenated alkanes) is 1. The van der Waals surface area contributed by atoms with Crippen LogP contribution in [0.25, 0.3) is 11.2 Å². The first-order valence-electron chi connectivity index (χ1n) is 11.8. The summed E-state index contributed by atoms with van der Waals surface area (Å²) in [4.78, 5) is 16.3. The van der Waals surface area contributed by atoms with Gasteiger partial charge in [0.1, 0.15) is 11.5 Å². The van der Waals surface area contributed by atoms with Crippen LogP contribution >= 0.6 is 0 Å². The van der Waals surface area contributed by atoms with Crippen molar-refractivity contribution in [1.29, 1.82) is 0 Å². The zero-order valence-corrected chi connectivity index (χ0v) is 20.2. The molecule has 1 saturated heterocycles. The van der Waals surface area contributed by atoms with E-state index in [1.165, 1.54) is 0 Å². The van der Waals surface area contributed by atoms with Crippen LogP contribution in [0.5, 0.6) is 17.5 Å². The van der Waals surface area contributed by atoms with Gasteiger partial charge < -0.3 is 28.8 Å². The number of aromatic nitrogens is 4. The molecule has 3 heterocycles. The zero-order chi connectivity index (χ0) is 23.8. The number of imidazole rings is 1. The fourth-order valence-corrected chi connectivity index (χ4v) is 3.88. The molecule has 0 saturated carbocycles. The van der Waals surface area contributed by atoms with E-state index in [1.807, 2.05) is 22.8 Å². The molecule has 1 aromatic carbocycles. The van der Waals surface area contributed by atoms with Crippen molar-refractivity contribution in [2.45, 2.75) is 26.3 Å². The molecular weight excluding hydrogens is 436 g/mol. The van der Waals surface area contributed by atoms with Gasteiger partial charge in [-0.1, -0.05) is 13.3 Å². The van der Waals surface area contributed by atoms with Crippen LogP contribution in [0.3, 0.4) is 0 Å². The highest BCUT2D eigenvalue weighted by Crippen LogP contribution is 2.27. The van der Waals surface area contributed by atoms with Gasteiger partial charge in [0.25, 0.3) is 0 Å². The molecule has 3 aromatic rings. The van der Waals surface area contributed by atoms with Gasteiger partial charge in [-0.15, -0.1) is 0 Å². The Morgan fingerprint density at radius 1 is 1.12 bits per heavy atom. The third-order valence-electron chi connectivity index (χ3n) is 5.82. The summed E-state index contributed by atoms with van der Waals surface area (Å²) in [7, 11) is 3.32. The summed E-state index contributed by atoms with van der Waals surface area (Å²) < 4.78 is 24.2. The van der Waals surface area contributed by atoms with Gasteiger partial charge in [0.05, 0.1) is 46.9 Å². The van der Waals surface area contributed by atoms with Gasteiger partial charge in [-0.3, -0.25) is 4.90 Å². The normalized spacial score (nSPS) is 14.3. The molecule has 0 spiro atoms. The molecule has 10 nitrogen and oxygen atoms in total. The summed E-state index contributed by atoms with van der Waals surface area (Å²) in [5.74, 6) is 2.23. The van der Waals surface area contributed by atoms with Crippen molar-refractivity contribution in [3.63, 3.8) is 0 Å². The third-order valence-corrected chi connectivity index (χ3v) is 5.82. The third kappa shape index (κ3) is 5.87. The van der Waals surface area contributed by atoms with E-state index in [1.54, 1.807) is 20.5 Å². The van der Waals surface area contributed by atoms with Crippen molar-refractivity contribution in [2.24, 2.45) is 0 Å². The van der Waals surface area contributed by atoms with E-state index in [4.69, 9.17) is 18.9 Å². The van der Waals surface area contributed by atoms with E-state index in [0.29, 0.717) is 36.1 Å². The van der Waals surface area contributed by atoms with Crippen LogP contribution in [-0.2, 0) is 11.3 Å². The Labute approximate surface area is 200 Å². The molecule has 10 heteroatoms. The molecule has 184 valence electrons. The minimum atomic E-state index is 0.356. The molecular formula is C24H34N6O4. The smallest absolute Gasteiger partial charge is 0.320 e. The SMILES string of the molecule is CCCCOc1nc(NCCN2CCOCC2)c2ncn(Cc3cc(OC)ccc3OC)c2n1. The molecule has 2 aromatic heterocycles. The molecule has 0 amide bonds. The van der Waals surface area contributed by atoms with Crippen LogP contribution < -0.4 is 19.5 Å². The number of nitrogens with one attached hydrogen (secondary N) is 1. The molecule has 1 aliphatic heterocycles. The van der Waals surface area contributed by atoms with Gasteiger partial charge in [-0.2, -0.15) is 9.97 Å². The average molecular weight is 471 g/mol. The summed E-state index contributed by atoms with van der Waals surface area (Å²) in [6.07, 6.45) is 3.77. The van der Waals surface area contributed by atoms with Crippen molar-refractivity contribution in [1.82, 2.24) is 24.4 Å². The second-order valence-corrected chi connectivity index (χ2v) is 8.16. The van der Waals surface area contributed by atoms with Crippen LogP contribution in [0, 0.1) is 0 Å². The maximum Gasteiger partial charge on any atom is 0.320 e. The first kappa shape index (κ1) is 24.0. The topological polar surface area (TPSA) is 95.8 Å². The molecule has 0 aliphatic carbocycles. The molecule has 1 fully saturated rings. The molecule has 0 atom stereocenters. The van der Waals surface area contributed by atoms with Gasteiger partial charge >= 0.3 is 6.01 Å². The molecule has 34 heavy (non-hydrogen) atoms. The monoisotopic (exact) mass is 470 g/mol. The molecule has 0 radical (unpaired) electrons. The van der Waals surface area contributed by atoms with Gasteiger partial charge in [0.2, 0.25) is 0 Å². The van der Waals surface area contributed by atoms with Gasteiger partial charge in [0.15, 0.2) is 17.0 Å². The highest BCUT2D eigenvalue weighted by Gasteiger charge is 2.17. The fraction of sp³-hybridized carbons (Fsp3) is 0.542. The number of hydrogen-bond donors (Lipinski definition) is 1. The Kier molecular flexibility index (Phi) is 8.37. The highest BCUT2D eigenvalue weighted by molar-refractivity contribution is 5.83. The van der Waals surface area contributed by atoms with Crippen molar-refractivity contribution < 1.29 is 18.9 Å². The molecule has 4 rings (SSSR count). The predicted molar refractivity (Wildman–Crippen MR) is 130 cm³/mol. The summed E-state index contributed by atoms with van der Waals surface area (Å²) in [6.45, 7) is 8.34. The van der Waals surface area contributed by atoms with Crippen molar-refractivity contribution >= 4 is 17.0 Å². The fourth-order valence-electron chi connectivity index (χ4n) is 3.88. The van der Waals surface area contributed by atoms with E-state index in [0.717, 1.165) is 69.3 Å². The standard InChI is InChI=1S/C24H34N6O4/c1-4-5-12-34-24-27-22(25-8-9-29-10-13-33-14-11-29)21-23(28-24)30(17-26-21)16-18-15-19(31-2)6-7-20(18)32-3/h6-7,15,17H,4-5,8-14,16H2,1-3H3,(H,25,27,28). The number of benzene rings is 1. The van der Waals surface area contributed by atoms with Gasteiger partial charge in [-0.05, 0) is 24.6 Å². The molecule has 1 aliphatic rings. The van der Waals surface area contributed by atoms with Crippen LogP contribution in [0.15, 0.2) is 24.5 Å². The molecule has 1 N–H and O–H groups in total. The summed E-state index contributed by atoms with van der Waals surface area (Å²) >= 11 is 0. The summed E-state index contributed by atoms with van der Waals surface area (Å²) in [6, 6.07) is 6.10. The Balaban J connectivity index is 1.59. The van der Waals surface area contributed by atoms with E-state index in [9.17, 15) is 0 Å². The zero-order valence-electron chi connectivity index (χ0n) is 20.2. The lowest BCUT2D eigenvalue weighted by molar-refractivity contribution is 0.0398. The van der Waals surface area contributed by atoms with E-state index >= 15 is 0 Å². The second kappa shape index (κ2) is 11.8. The van der Waals surface area contributed by atoms with E-state index in [2.05, 4.69) is 32.1 Å². The Bertz CT molecular complexity index is 1070. The number of morpholine rings is 1. The van der Waals surface area contributed by atoms with Crippen LogP contribution in [0.2, 0.25) is 0 Å². The number of ether oxygens (including phenoxy) is 4. The molecule has 0 bridgehead atoms. The number of nitrogens with zero attached hydrogens (tertiary/aromatic N) is 5. The number of anilines is 1. The number of fused-ring (bicyclic) bond motifs is 1. The Hall–Kier alpha value is -3.11. The highest BCUT2D eigenvalue weighted by atomic mass is 16.5. The van der Waals surface area contributed by atoms with Crippen LogP contribution in [0.1, 0.15) is 25.3 Å². The van der Waals surface area contributed by atoms with Crippen LogP contribution in [0.4, 0.5) is 5.82 Å². The maximum absolute atomic E-state index is 5.87. The molecule has 0 unspecified atom stereocenters. The largest absolute Gasteiger partial charge is 0.497 e. The van der Waals surface area contributed by atoms with Crippen molar-refractivity contribution in [2.75, 3.05) is 65.5 Å². The lowest BCUT2D eigenvalue weighted by atomic mass is 10.2. The minimum Gasteiger partial charge on any atom is -0.497 e.